The van der Waals surface area contributed by atoms with Gasteiger partial charge < -0.3 is 4.98 Å². The molecule has 0 aliphatic heterocycles. The van der Waals surface area contributed by atoms with Crippen LogP contribution in [0.5, 0.6) is 0 Å². The molecule has 0 aliphatic rings. The molecular weight excluding hydrogens is 263 g/mol. The molecule has 0 atom stereocenters. The van der Waals surface area contributed by atoms with Gasteiger partial charge in [0.15, 0.2) is 0 Å². The van der Waals surface area contributed by atoms with Gasteiger partial charge in [0.2, 0.25) is 0 Å². The molecule has 0 spiro atoms. The van der Waals surface area contributed by atoms with Crippen LogP contribution in [0.2, 0.25) is 10.0 Å². The summed E-state index contributed by atoms with van der Waals surface area (Å²) < 4.78 is 0.671. The van der Waals surface area contributed by atoms with E-state index in [0.29, 0.717) is 21.1 Å². The molecule has 0 radical (unpaired) electrons. The molecule has 82 valence electrons. The van der Waals surface area contributed by atoms with Crippen LogP contribution in [-0.2, 0) is 6.42 Å². The number of halogens is 2. The van der Waals surface area contributed by atoms with Crippen LogP contribution in [0.15, 0.2) is 30.5 Å². The minimum Gasteiger partial charge on any atom is -0.335 e. The summed E-state index contributed by atoms with van der Waals surface area (Å²) in [5.41, 5.74) is 1.04. The summed E-state index contributed by atoms with van der Waals surface area (Å²) in [4.78, 5) is 7.21. The highest BCUT2D eigenvalue weighted by Gasteiger charge is 2.01. The topological polar surface area (TPSA) is 28.7 Å². The van der Waals surface area contributed by atoms with Crippen molar-refractivity contribution in [2.75, 3.05) is 0 Å². The highest BCUT2D eigenvalue weighted by Crippen LogP contribution is 2.23. The van der Waals surface area contributed by atoms with Crippen LogP contribution in [0.3, 0.4) is 0 Å². The molecule has 0 aliphatic carbocycles. The molecule has 0 unspecified atom stereocenters. The lowest BCUT2D eigenvalue weighted by molar-refractivity contribution is 0.960. The number of rotatable bonds is 2. The lowest BCUT2D eigenvalue weighted by Crippen LogP contribution is -1.95. The van der Waals surface area contributed by atoms with E-state index >= 15 is 0 Å². The number of H-pyrrole nitrogens is 1. The predicted octanol–water partition coefficient (Wildman–Crippen LogP) is 4.04. The van der Waals surface area contributed by atoms with Gasteiger partial charge in [-0.3, -0.25) is 0 Å². The van der Waals surface area contributed by atoms with E-state index < -0.39 is 0 Å². The Bertz CT molecular complexity index is 566. The van der Waals surface area contributed by atoms with E-state index in [9.17, 15) is 0 Å². The zero-order valence-corrected chi connectivity index (χ0v) is 10.5. The quantitative estimate of drug-likeness (QED) is 0.835. The number of nitrogens with one attached hydrogen (secondary N) is 1. The fraction of sp³-hybridized carbons (Fsp3) is 0.0909. The molecule has 0 fully saturated rings. The summed E-state index contributed by atoms with van der Waals surface area (Å²) in [5.74, 6) is 0.811. The van der Waals surface area contributed by atoms with Gasteiger partial charge in [0, 0.05) is 12.6 Å². The first kappa shape index (κ1) is 11.6. The van der Waals surface area contributed by atoms with Crippen LogP contribution in [0, 0.1) is 4.64 Å². The maximum Gasteiger partial charge on any atom is 0.111 e. The molecule has 2 nitrogen and oxygen atoms in total. The van der Waals surface area contributed by atoms with Crippen molar-refractivity contribution in [3.8, 4) is 0 Å². The van der Waals surface area contributed by atoms with Gasteiger partial charge >= 0.3 is 0 Å². The van der Waals surface area contributed by atoms with E-state index in [1.165, 1.54) is 0 Å². The van der Waals surface area contributed by atoms with Crippen molar-refractivity contribution in [2.24, 2.45) is 0 Å². The average Bonchev–Trinajstić information content (AvgIpc) is 2.24. The van der Waals surface area contributed by atoms with Crippen LogP contribution in [0.4, 0.5) is 0 Å². The molecule has 16 heavy (non-hydrogen) atoms. The second-order valence-electron chi connectivity index (χ2n) is 3.31. The van der Waals surface area contributed by atoms with Gasteiger partial charge in [0.1, 0.15) is 10.5 Å². The molecule has 1 heterocycles. The Morgan fingerprint density at radius 2 is 2.00 bits per heavy atom. The molecule has 2 aromatic rings. The van der Waals surface area contributed by atoms with Crippen LogP contribution in [0.25, 0.3) is 0 Å². The van der Waals surface area contributed by atoms with E-state index in [4.69, 9.17) is 35.4 Å². The first-order chi connectivity index (χ1) is 7.65. The van der Waals surface area contributed by atoms with Crippen LogP contribution < -0.4 is 0 Å². The Hall–Kier alpha value is -0.900. The summed E-state index contributed by atoms with van der Waals surface area (Å²) in [6, 6.07) is 7.26. The number of aromatic amines is 1. The number of benzene rings is 1. The third kappa shape index (κ3) is 2.82. The summed E-state index contributed by atoms with van der Waals surface area (Å²) in [6.07, 6.45) is 2.34. The van der Waals surface area contributed by atoms with Gasteiger partial charge in [-0.05, 0) is 23.8 Å². The molecule has 0 bridgehead atoms. The van der Waals surface area contributed by atoms with Crippen LogP contribution >= 0.6 is 35.4 Å². The predicted molar refractivity (Wildman–Crippen MR) is 68.7 cm³/mol. The first-order valence-corrected chi connectivity index (χ1v) is 5.80. The Labute approximate surface area is 108 Å². The van der Waals surface area contributed by atoms with Crippen molar-refractivity contribution in [1.82, 2.24) is 9.97 Å². The molecule has 0 amide bonds. The van der Waals surface area contributed by atoms with Gasteiger partial charge in [-0.2, -0.15) is 0 Å². The van der Waals surface area contributed by atoms with Gasteiger partial charge in [0.25, 0.3) is 0 Å². The Morgan fingerprint density at radius 1 is 1.19 bits per heavy atom. The number of hydrogen-bond acceptors (Lipinski definition) is 2. The van der Waals surface area contributed by atoms with Gasteiger partial charge in [-0.25, -0.2) is 4.98 Å². The van der Waals surface area contributed by atoms with Crippen molar-refractivity contribution in [3.63, 3.8) is 0 Å². The third-order valence-corrected chi connectivity index (χ3v) is 3.06. The lowest BCUT2D eigenvalue weighted by Gasteiger charge is -2.02. The Morgan fingerprint density at radius 3 is 2.69 bits per heavy atom. The summed E-state index contributed by atoms with van der Waals surface area (Å²) in [6.45, 7) is 0. The average molecular weight is 271 g/mol. The highest BCUT2D eigenvalue weighted by molar-refractivity contribution is 7.71. The second kappa shape index (κ2) is 4.95. The monoisotopic (exact) mass is 270 g/mol. The standard InChI is InChI=1S/C11H8Cl2N2S/c12-8-2-1-7(5-9(8)13)6-10-14-4-3-11(16)15-10/h1-5H,6H2,(H,14,15,16). The molecule has 0 saturated heterocycles. The van der Waals surface area contributed by atoms with Crippen molar-refractivity contribution in [3.05, 3.63) is 56.5 Å². The molecule has 1 aromatic carbocycles. The van der Waals surface area contributed by atoms with E-state index in [-0.39, 0.29) is 0 Å². The maximum atomic E-state index is 5.93. The van der Waals surface area contributed by atoms with Crippen molar-refractivity contribution < 1.29 is 0 Å². The second-order valence-corrected chi connectivity index (χ2v) is 4.56. The summed E-state index contributed by atoms with van der Waals surface area (Å²) >= 11 is 16.8. The molecule has 5 heteroatoms. The van der Waals surface area contributed by atoms with Crippen molar-refractivity contribution in [2.45, 2.75) is 6.42 Å². The van der Waals surface area contributed by atoms with Crippen LogP contribution in [-0.4, -0.2) is 9.97 Å². The Balaban J connectivity index is 2.27. The largest absolute Gasteiger partial charge is 0.335 e. The fourth-order valence-electron chi connectivity index (χ4n) is 1.34. The first-order valence-electron chi connectivity index (χ1n) is 4.63. The molecule has 1 N–H and O–H groups in total. The lowest BCUT2D eigenvalue weighted by atomic mass is 10.1. The SMILES string of the molecule is S=c1ccnc(Cc2ccc(Cl)c(Cl)c2)[nH]1. The highest BCUT2D eigenvalue weighted by atomic mass is 35.5. The zero-order chi connectivity index (χ0) is 11.5. The third-order valence-electron chi connectivity index (χ3n) is 2.08. The van der Waals surface area contributed by atoms with Gasteiger partial charge in [-0.1, -0.05) is 41.5 Å². The molecule has 0 saturated carbocycles. The van der Waals surface area contributed by atoms with E-state index in [1.54, 1.807) is 18.3 Å². The van der Waals surface area contributed by atoms with Gasteiger partial charge in [0.05, 0.1) is 10.0 Å². The smallest absolute Gasteiger partial charge is 0.111 e. The number of aromatic nitrogens is 2. The summed E-state index contributed by atoms with van der Waals surface area (Å²) in [7, 11) is 0. The minimum absolute atomic E-state index is 0.550. The fourth-order valence-corrected chi connectivity index (χ4v) is 1.84. The van der Waals surface area contributed by atoms with Crippen LogP contribution in [0.1, 0.15) is 11.4 Å². The van der Waals surface area contributed by atoms with Crippen molar-refractivity contribution in [1.29, 1.82) is 0 Å². The van der Waals surface area contributed by atoms with E-state index in [1.807, 2.05) is 12.1 Å². The zero-order valence-electron chi connectivity index (χ0n) is 8.21. The minimum atomic E-state index is 0.550. The van der Waals surface area contributed by atoms with E-state index in [2.05, 4.69) is 9.97 Å². The Kier molecular flexibility index (Phi) is 3.59. The number of nitrogens with zero attached hydrogens (tertiary/aromatic N) is 1. The van der Waals surface area contributed by atoms with Crippen molar-refractivity contribution >= 4 is 35.4 Å². The number of hydrogen-bond donors (Lipinski definition) is 1. The maximum absolute atomic E-state index is 5.93. The van der Waals surface area contributed by atoms with Gasteiger partial charge in [-0.15, -0.1) is 0 Å². The normalized spacial score (nSPS) is 10.4. The molecule has 1 aromatic heterocycles. The van der Waals surface area contributed by atoms with E-state index in [0.717, 1.165) is 11.4 Å². The summed E-state index contributed by atoms with van der Waals surface area (Å²) in [5, 5.41) is 1.10. The molecular formula is C11H8Cl2N2S. The molecule has 2 rings (SSSR count).